The summed E-state index contributed by atoms with van der Waals surface area (Å²) in [4.78, 5) is 26.2. The molecule has 0 aromatic heterocycles. The van der Waals surface area contributed by atoms with Crippen molar-refractivity contribution in [2.75, 3.05) is 44.3 Å². The summed E-state index contributed by atoms with van der Waals surface area (Å²) in [7, 11) is -14.2. The van der Waals surface area contributed by atoms with Crippen LogP contribution >= 0.6 is 6.75 Å². The third-order valence-corrected chi connectivity index (χ3v) is 22.5. The van der Waals surface area contributed by atoms with Crippen LogP contribution in [0.1, 0.15) is 124 Å². The molecule has 0 heterocycles. The molecule has 0 spiro atoms. The van der Waals surface area contributed by atoms with E-state index >= 15 is 0 Å². The minimum absolute atomic E-state index is 0.00513. The van der Waals surface area contributed by atoms with E-state index in [4.69, 9.17) is 4.74 Å². The van der Waals surface area contributed by atoms with Crippen LogP contribution in [0.15, 0.2) is 4.99 Å². The summed E-state index contributed by atoms with van der Waals surface area (Å²) in [6, 6.07) is 0. The van der Waals surface area contributed by atoms with Crippen molar-refractivity contribution >= 4 is 39.0 Å². The van der Waals surface area contributed by atoms with Gasteiger partial charge in [-0.3, -0.25) is 0 Å². The van der Waals surface area contributed by atoms with Gasteiger partial charge < -0.3 is 0 Å². The predicted molar refractivity (Wildman–Crippen MR) is 181 cm³/mol. The third-order valence-electron chi connectivity index (χ3n) is 8.65. The zero-order valence-electron chi connectivity index (χ0n) is 29.0. The zero-order valence-corrected chi connectivity index (χ0v) is 31.6. The van der Waals surface area contributed by atoms with Gasteiger partial charge in [-0.05, 0) is 0 Å². The predicted octanol–water partition coefficient (Wildman–Crippen LogP) is 8.82. The van der Waals surface area contributed by atoms with E-state index in [-0.39, 0.29) is 25.8 Å². The second-order valence-electron chi connectivity index (χ2n) is 12.5. The number of carbonyl (C=O) groups is 1. The topological polar surface area (TPSA) is 139 Å². The summed E-state index contributed by atoms with van der Waals surface area (Å²) in [5, 5.41) is 2.46. The molecule has 0 aliphatic carbocycles. The number of halogens is 6. The van der Waals surface area contributed by atoms with Gasteiger partial charge in [-0.1, -0.05) is 0 Å². The number of amides is 1. The number of isocyanates is 1. The molecule has 0 saturated heterocycles. The Morgan fingerprint density at radius 3 is 1.47 bits per heavy atom. The summed E-state index contributed by atoms with van der Waals surface area (Å²) in [5.41, 5.74) is -12.7. The van der Waals surface area contributed by atoms with E-state index in [0.717, 1.165) is 0 Å². The number of sulfonamides is 2. The molecule has 0 bridgehead atoms. The molecule has 0 fully saturated rings. The number of ether oxygens (including phenoxy) is 1. The van der Waals surface area contributed by atoms with E-state index in [1.54, 1.807) is 0 Å². The molecule has 1 N–H and O–H groups in total. The van der Waals surface area contributed by atoms with E-state index in [2.05, 4.69) is 10.3 Å². The zero-order chi connectivity index (χ0) is 37.7. The molecular formula is C30H56F6N3O7PS2. The van der Waals surface area contributed by atoms with E-state index in [9.17, 15) is 52.8 Å². The molecule has 0 aromatic carbocycles. The molecule has 10 nitrogen and oxygen atoms in total. The average molecular weight is 780 g/mol. The van der Waals surface area contributed by atoms with Crippen LogP contribution in [0.2, 0.25) is 0 Å². The number of aliphatic imine (C=N–C) groups is 1. The van der Waals surface area contributed by atoms with Crippen molar-refractivity contribution in [1.82, 2.24) is 8.80 Å². The molecule has 49 heavy (non-hydrogen) atoms. The van der Waals surface area contributed by atoms with Crippen molar-refractivity contribution in [1.29, 1.82) is 0 Å². The molecule has 292 valence electrons. The summed E-state index contributed by atoms with van der Waals surface area (Å²) in [5.74, 6) is 0. The van der Waals surface area contributed by atoms with Crippen LogP contribution in [-0.2, 0) is 29.6 Å². The molecule has 1 amide bonds. The molecule has 0 atom stereocenters. The fourth-order valence-corrected chi connectivity index (χ4v) is 21.0. The Morgan fingerprint density at radius 1 is 0.673 bits per heavy atom. The fraction of sp³-hybridized carbons (Fsp3) is 0.933. The maximum atomic E-state index is 14.4. The van der Waals surface area contributed by atoms with Gasteiger partial charge in [-0.15, -0.1) is 0 Å². The van der Waals surface area contributed by atoms with Crippen molar-refractivity contribution in [2.24, 2.45) is 4.99 Å². The number of nitrogens with zero attached hydrogens (tertiary/aromatic N) is 2. The van der Waals surface area contributed by atoms with Gasteiger partial charge >= 0.3 is 278 Å². The van der Waals surface area contributed by atoms with Gasteiger partial charge in [0.15, 0.2) is 0 Å². The quantitative estimate of drug-likeness (QED) is 0.0275. The number of hydrogen-bond acceptors (Lipinski definition) is 8. The molecule has 0 radical (unpaired) electrons. The van der Waals surface area contributed by atoms with Gasteiger partial charge in [0.25, 0.3) is 0 Å². The fourth-order valence-electron chi connectivity index (χ4n) is 6.08. The van der Waals surface area contributed by atoms with Gasteiger partial charge in [0.1, 0.15) is 0 Å². The Hall–Kier alpha value is -1.48. The molecular weight excluding hydrogens is 723 g/mol. The average Bonchev–Trinajstić information content (AvgIpc) is 3.00. The first-order chi connectivity index (χ1) is 22.8. The van der Waals surface area contributed by atoms with Crippen molar-refractivity contribution in [3.05, 3.63) is 0 Å². The minimum atomic E-state index is -7.10. The van der Waals surface area contributed by atoms with Crippen LogP contribution < -0.4 is 5.32 Å². The molecule has 0 aromatic rings. The van der Waals surface area contributed by atoms with Crippen LogP contribution in [0.4, 0.5) is 31.1 Å². The Bertz CT molecular complexity index is 1150. The molecule has 0 saturated carbocycles. The van der Waals surface area contributed by atoms with Crippen molar-refractivity contribution in [3.8, 4) is 0 Å². The Labute approximate surface area is 288 Å². The van der Waals surface area contributed by atoms with E-state index in [1.165, 1.54) is 6.08 Å². The maximum absolute atomic E-state index is 14.4. The summed E-state index contributed by atoms with van der Waals surface area (Å²) in [6.45, 7) is -0.245. The van der Waals surface area contributed by atoms with Crippen LogP contribution in [-0.4, -0.2) is 87.9 Å². The molecule has 0 unspecified atom stereocenters. The number of nitrogens with one attached hydrogen (secondary N) is 1. The Morgan fingerprint density at radius 2 is 1.08 bits per heavy atom. The van der Waals surface area contributed by atoms with Gasteiger partial charge in [0.05, 0.1) is 0 Å². The van der Waals surface area contributed by atoms with Gasteiger partial charge in [-0.25, -0.2) is 4.79 Å². The SMILES string of the molecule is CCCCCCP(CCCCCC)(CCCCCC)(CCOC(=O)NCCCCCCN=C=O)N(S(=O)(=O)C(F)(F)F)S(=O)(=O)C(F)(F)F. The molecule has 0 aliphatic heterocycles. The van der Waals surface area contributed by atoms with Gasteiger partial charge in [-0.2, -0.15) is 0 Å². The number of alkyl carbamates (subject to hydrolysis) is 1. The Kier molecular flexibility index (Phi) is 21.8. The third kappa shape index (κ3) is 15.0. The van der Waals surface area contributed by atoms with E-state index in [1.807, 2.05) is 20.8 Å². The summed E-state index contributed by atoms with van der Waals surface area (Å²) >= 11 is 0. The second kappa shape index (κ2) is 22.5. The van der Waals surface area contributed by atoms with Crippen molar-refractivity contribution < 1.29 is 57.5 Å². The first-order valence-corrected chi connectivity index (χ1v) is 23.0. The standard InChI is InChI=1S/C30H56F6N3O7PS2/c1-4-7-10-17-23-47(24-18-11-8-5-2,25-19-12-9-6-3,26-22-46-28(41)38-21-16-14-13-15-20-37-27-40)39(48(42,43)29(31,32)33)49(44,45)30(34,35)36/h4-26H2,1-3H3,(H,38,41). The molecule has 0 rings (SSSR count). The van der Waals surface area contributed by atoms with Crippen LogP contribution in [0, 0.1) is 0 Å². The number of unbranched alkanes of at least 4 members (excludes halogenated alkanes) is 12. The monoisotopic (exact) mass is 779 g/mol. The van der Waals surface area contributed by atoms with Crippen LogP contribution in [0.3, 0.4) is 0 Å². The second-order valence-corrected chi connectivity index (χ2v) is 22.8. The molecule has 19 heteroatoms. The first-order valence-electron chi connectivity index (χ1n) is 17.2. The van der Waals surface area contributed by atoms with Crippen molar-refractivity contribution in [3.63, 3.8) is 0 Å². The number of hydrogen-bond donors (Lipinski definition) is 1. The van der Waals surface area contributed by atoms with Gasteiger partial charge in [0, 0.05) is 0 Å². The van der Waals surface area contributed by atoms with E-state index in [0.29, 0.717) is 90.0 Å². The summed E-state index contributed by atoms with van der Waals surface area (Å²) < 4.78 is 144. The normalized spacial score (nSPS) is 13.9. The first kappa shape index (κ1) is 47.5. The Balaban J connectivity index is 7.14. The number of alkyl halides is 6. The van der Waals surface area contributed by atoms with Crippen molar-refractivity contribution in [2.45, 2.75) is 135 Å². The van der Waals surface area contributed by atoms with Gasteiger partial charge in [0.2, 0.25) is 6.08 Å². The summed E-state index contributed by atoms with van der Waals surface area (Å²) in [6.07, 6.45) is 5.14. The number of carbonyl (C=O) groups excluding carboxylic acids is 2. The van der Waals surface area contributed by atoms with Crippen LogP contribution in [0.5, 0.6) is 0 Å². The molecule has 0 aliphatic rings. The van der Waals surface area contributed by atoms with Crippen LogP contribution in [0.25, 0.3) is 0 Å². The van der Waals surface area contributed by atoms with E-state index < -0.39 is 78.6 Å². The number of rotatable bonds is 28.